The lowest BCUT2D eigenvalue weighted by Gasteiger charge is -2.16. The first-order valence-corrected chi connectivity index (χ1v) is 7.73. The number of aromatic nitrogens is 3. The molecular formula is C9H15BrN4O4S. The Kier molecular flexibility index (Phi) is 5.04. The van der Waals surface area contributed by atoms with Crippen molar-refractivity contribution in [3.05, 3.63) is 4.60 Å². The van der Waals surface area contributed by atoms with Crippen molar-refractivity contribution in [1.82, 2.24) is 19.7 Å². The van der Waals surface area contributed by atoms with E-state index < -0.39 is 22.0 Å². The average Bonchev–Trinajstić information content (AvgIpc) is 2.56. The number of aryl methyl sites for hydroxylation is 1. The summed E-state index contributed by atoms with van der Waals surface area (Å²) in [6.07, 6.45) is 0.192. The fourth-order valence-electron chi connectivity index (χ4n) is 1.52. The molecule has 0 amide bonds. The van der Waals surface area contributed by atoms with Gasteiger partial charge in [-0.3, -0.25) is 4.79 Å². The van der Waals surface area contributed by atoms with E-state index in [1.165, 1.54) is 7.05 Å². The molecule has 1 aromatic heterocycles. The zero-order valence-electron chi connectivity index (χ0n) is 10.7. The van der Waals surface area contributed by atoms with E-state index in [1.54, 1.807) is 0 Å². The molecule has 1 atom stereocenters. The standard InChI is InChI=1S/C9H15BrN4O4S/c1-5(2)4-6(9(15)16)12-19(17,18)8-7(10)11-13-14(8)3/h5-6,12H,4H2,1-3H3,(H,15,16)/t6-/m0/s1. The van der Waals surface area contributed by atoms with Crippen molar-refractivity contribution in [3.8, 4) is 0 Å². The molecule has 0 radical (unpaired) electrons. The first-order chi connectivity index (χ1) is 8.65. The molecular weight excluding hydrogens is 340 g/mol. The van der Waals surface area contributed by atoms with Crippen LogP contribution in [-0.2, 0) is 21.9 Å². The quantitative estimate of drug-likeness (QED) is 0.761. The summed E-state index contributed by atoms with van der Waals surface area (Å²) >= 11 is 2.97. The van der Waals surface area contributed by atoms with Gasteiger partial charge >= 0.3 is 5.97 Å². The van der Waals surface area contributed by atoms with E-state index in [0.717, 1.165) is 4.68 Å². The van der Waals surface area contributed by atoms with Crippen molar-refractivity contribution in [1.29, 1.82) is 0 Å². The van der Waals surface area contributed by atoms with E-state index >= 15 is 0 Å². The highest BCUT2D eigenvalue weighted by atomic mass is 79.9. The van der Waals surface area contributed by atoms with Gasteiger partial charge in [0.25, 0.3) is 10.0 Å². The van der Waals surface area contributed by atoms with Gasteiger partial charge in [-0.05, 0) is 28.3 Å². The van der Waals surface area contributed by atoms with Gasteiger partial charge in [-0.1, -0.05) is 19.1 Å². The van der Waals surface area contributed by atoms with E-state index in [0.29, 0.717) is 0 Å². The van der Waals surface area contributed by atoms with Crippen LogP contribution in [0, 0.1) is 5.92 Å². The molecule has 10 heteroatoms. The second kappa shape index (κ2) is 5.97. The minimum atomic E-state index is -4.01. The molecule has 108 valence electrons. The Morgan fingerprint density at radius 3 is 2.47 bits per heavy atom. The van der Waals surface area contributed by atoms with Gasteiger partial charge in [0, 0.05) is 7.05 Å². The zero-order valence-corrected chi connectivity index (χ0v) is 13.1. The van der Waals surface area contributed by atoms with E-state index in [4.69, 9.17) is 5.11 Å². The van der Waals surface area contributed by atoms with Crippen LogP contribution in [0.2, 0.25) is 0 Å². The Labute approximate surface area is 119 Å². The van der Waals surface area contributed by atoms with Crippen molar-refractivity contribution >= 4 is 31.9 Å². The maximum absolute atomic E-state index is 12.1. The average molecular weight is 355 g/mol. The number of halogens is 1. The maximum atomic E-state index is 12.1. The van der Waals surface area contributed by atoms with Crippen molar-refractivity contribution in [3.63, 3.8) is 0 Å². The van der Waals surface area contributed by atoms with Crippen LogP contribution < -0.4 is 4.72 Å². The normalized spacial score (nSPS) is 13.7. The van der Waals surface area contributed by atoms with E-state index in [-0.39, 0.29) is 22.0 Å². The number of nitrogens with zero attached hydrogens (tertiary/aromatic N) is 3. The lowest BCUT2D eigenvalue weighted by Crippen LogP contribution is -2.42. The number of sulfonamides is 1. The number of carbonyl (C=O) groups is 1. The van der Waals surface area contributed by atoms with Crippen molar-refractivity contribution < 1.29 is 18.3 Å². The summed E-state index contributed by atoms with van der Waals surface area (Å²) in [6.45, 7) is 3.62. The number of hydrogen-bond donors (Lipinski definition) is 2. The molecule has 1 aromatic rings. The highest BCUT2D eigenvalue weighted by molar-refractivity contribution is 9.10. The number of carboxylic acids is 1. The summed E-state index contributed by atoms with van der Waals surface area (Å²) in [5, 5.41) is 15.9. The maximum Gasteiger partial charge on any atom is 0.321 e. The topological polar surface area (TPSA) is 114 Å². The summed E-state index contributed by atoms with van der Waals surface area (Å²) in [6, 6.07) is -1.19. The molecule has 0 saturated heterocycles. The smallest absolute Gasteiger partial charge is 0.321 e. The predicted molar refractivity (Wildman–Crippen MR) is 69.9 cm³/mol. The molecule has 8 nitrogen and oxygen atoms in total. The van der Waals surface area contributed by atoms with Crippen molar-refractivity contribution in [2.75, 3.05) is 0 Å². The van der Waals surface area contributed by atoms with Gasteiger partial charge in [0.05, 0.1) is 0 Å². The Morgan fingerprint density at radius 2 is 2.11 bits per heavy atom. The van der Waals surface area contributed by atoms with Gasteiger partial charge in [-0.15, -0.1) is 5.10 Å². The molecule has 0 saturated carbocycles. The summed E-state index contributed by atoms with van der Waals surface area (Å²) < 4.78 is 27.5. The molecule has 19 heavy (non-hydrogen) atoms. The van der Waals surface area contributed by atoms with Crippen LogP contribution >= 0.6 is 15.9 Å². The molecule has 0 aliphatic heterocycles. The predicted octanol–water partition coefficient (Wildman–Crippen LogP) is 0.355. The van der Waals surface area contributed by atoms with Crippen molar-refractivity contribution in [2.24, 2.45) is 13.0 Å². The van der Waals surface area contributed by atoms with Crippen LogP contribution in [-0.4, -0.2) is 40.5 Å². The highest BCUT2D eigenvalue weighted by Gasteiger charge is 2.30. The van der Waals surface area contributed by atoms with Crippen LogP contribution in [0.4, 0.5) is 0 Å². The first-order valence-electron chi connectivity index (χ1n) is 5.45. The van der Waals surface area contributed by atoms with Gasteiger partial charge in [0.15, 0.2) is 4.60 Å². The highest BCUT2D eigenvalue weighted by Crippen LogP contribution is 2.18. The van der Waals surface area contributed by atoms with Crippen LogP contribution in [0.25, 0.3) is 0 Å². The number of rotatable bonds is 6. The summed E-state index contributed by atoms with van der Waals surface area (Å²) in [4.78, 5) is 11.1. The van der Waals surface area contributed by atoms with Gasteiger partial charge in [-0.25, -0.2) is 13.1 Å². The Balaban J connectivity index is 3.05. The largest absolute Gasteiger partial charge is 0.480 e. The number of carboxylic acid groups (broad SMARTS) is 1. The Hall–Kier alpha value is -1.00. The summed E-state index contributed by atoms with van der Waals surface area (Å²) in [5.41, 5.74) is 0. The van der Waals surface area contributed by atoms with Gasteiger partial charge < -0.3 is 5.11 Å². The monoisotopic (exact) mass is 354 g/mol. The Bertz CT molecular complexity index is 549. The number of aliphatic carboxylic acids is 1. The first kappa shape index (κ1) is 16.1. The third-order valence-electron chi connectivity index (χ3n) is 2.29. The van der Waals surface area contributed by atoms with Gasteiger partial charge in [0.2, 0.25) is 5.03 Å². The van der Waals surface area contributed by atoms with Gasteiger partial charge in [0.1, 0.15) is 6.04 Å². The minimum Gasteiger partial charge on any atom is -0.480 e. The molecule has 0 aromatic carbocycles. The second-order valence-electron chi connectivity index (χ2n) is 4.45. The van der Waals surface area contributed by atoms with Crippen LogP contribution in [0.5, 0.6) is 0 Å². The van der Waals surface area contributed by atoms with Crippen molar-refractivity contribution in [2.45, 2.75) is 31.3 Å². The summed E-state index contributed by atoms with van der Waals surface area (Å²) in [7, 11) is -2.60. The molecule has 2 N–H and O–H groups in total. The minimum absolute atomic E-state index is 0.0381. The molecule has 0 bridgehead atoms. The van der Waals surface area contributed by atoms with E-state index in [1.807, 2.05) is 13.8 Å². The molecule has 1 rings (SSSR count). The number of hydrogen-bond acceptors (Lipinski definition) is 5. The van der Waals surface area contributed by atoms with E-state index in [2.05, 4.69) is 31.0 Å². The van der Waals surface area contributed by atoms with Crippen LogP contribution in [0.15, 0.2) is 9.63 Å². The molecule has 0 aliphatic rings. The van der Waals surface area contributed by atoms with Crippen LogP contribution in [0.1, 0.15) is 20.3 Å². The molecule has 0 fully saturated rings. The number of nitrogens with one attached hydrogen (secondary N) is 1. The molecule has 0 spiro atoms. The molecule has 1 heterocycles. The van der Waals surface area contributed by atoms with Gasteiger partial charge in [-0.2, -0.15) is 4.72 Å². The molecule has 0 aliphatic carbocycles. The third kappa shape index (κ3) is 3.98. The summed E-state index contributed by atoms with van der Waals surface area (Å²) in [5.74, 6) is -1.18. The fourth-order valence-corrected chi connectivity index (χ4v) is 3.82. The lowest BCUT2D eigenvalue weighted by atomic mass is 10.1. The fraction of sp³-hybridized carbons (Fsp3) is 0.667. The molecule has 0 unspecified atom stereocenters. The van der Waals surface area contributed by atoms with E-state index in [9.17, 15) is 13.2 Å². The second-order valence-corrected chi connectivity index (χ2v) is 6.83. The Morgan fingerprint density at radius 1 is 1.53 bits per heavy atom. The van der Waals surface area contributed by atoms with Crippen LogP contribution in [0.3, 0.4) is 0 Å². The lowest BCUT2D eigenvalue weighted by molar-refractivity contribution is -0.139. The SMILES string of the molecule is CC(C)C[C@H](NS(=O)(=O)c1c(Br)nnn1C)C(=O)O. The zero-order chi connectivity index (χ0) is 14.8. The third-order valence-corrected chi connectivity index (χ3v) is 4.65.